The van der Waals surface area contributed by atoms with Gasteiger partial charge in [-0.15, -0.1) is 6.58 Å². The summed E-state index contributed by atoms with van der Waals surface area (Å²) in [6, 6.07) is 10.3. The number of halogens is 2. The number of sulfonamides is 1. The van der Waals surface area contributed by atoms with Gasteiger partial charge in [0.15, 0.2) is 0 Å². The first-order chi connectivity index (χ1) is 13.3. The Morgan fingerprint density at radius 3 is 2.46 bits per heavy atom. The van der Waals surface area contributed by atoms with E-state index in [0.717, 1.165) is 4.31 Å². The Balaban J connectivity index is 2.42. The number of nitrogens with one attached hydrogen (secondary N) is 1. The average Bonchev–Trinajstić information content (AvgIpc) is 2.67. The van der Waals surface area contributed by atoms with Crippen LogP contribution in [-0.4, -0.2) is 39.1 Å². The highest BCUT2D eigenvalue weighted by molar-refractivity contribution is 7.92. The minimum atomic E-state index is -3.99. The summed E-state index contributed by atoms with van der Waals surface area (Å²) >= 11 is 12.0. The molecule has 0 unspecified atom stereocenters. The van der Waals surface area contributed by atoms with Gasteiger partial charge in [0.25, 0.3) is 15.9 Å². The molecule has 0 heterocycles. The molecule has 2 aromatic rings. The quantitative estimate of drug-likeness (QED) is 0.459. The van der Waals surface area contributed by atoms with E-state index in [1.165, 1.54) is 24.3 Å². The maximum atomic E-state index is 13.2. The minimum absolute atomic E-state index is 0.0324. The number of aliphatic hydroxyl groups is 1. The van der Waals surface area contributed by atoms with Crippen LogP contribution in [0.15, 0.2) is 60.0 Å². The van der Waals surface area contributed by atoms with Crippen LogP contribution in [-0.2, 0) is 10.0 Å². The Morgan fingerprint density at radius 1 is 1.18 bits per heavy atom. The second-order valence-corrected chi connectivity index (χ2v) is 8.48. The zero-order valence-corrected chi connectivity index (χ0v) is 17.3. The van der Waals surface area contributed by atoms with Crippen molar-refractivity contribution < 1.29 is 18.3 Å². The summed E-state index contributed by atoms with van der Waals surface area (Å²) in [5.41, 5.74) is 0.448. The van der Waals surface area contributed by atoms with E-state index < -0.39 is 15.9 Å². The lowest BCUT2D eigenvalue weighted by Gasteiger charge is -2.23. The predicted molar refractivity (Wildman–Crippen MR) is 112 cm³/mol. The van der Waals surface area contributed by atoms with Gasteiger partial charge in [0.05, 0.1) is 27.7 Å². The van der Waals surface area contributed by atoms with E-state index in [1.807, 2.05) is 0 Å². The number of nitrogens with zero attached hydrogens (tertiary/aromatic N) is 1. The van der Waals surface area contributed by atoms with E-state index in [9.17, 15) is 13.2 Å². The van der Waals surface area contributed by atoms with Crippen LogP contribution in [0.3, 0.4) is 0 Å². The number of carbonyl (C=O) groups is 1. The third-order valence-electron chi connectivity index (χ3n) is 3.80. The number of rotatable bonds is 9. The Bertz CT molecular complexity index is 947. The van der Waals surface area contributed by atoms with Gasteiger partial charge in [0, 0.05) is 18.2 Å². The number of anilines is 1. The van der Waals surface area contributed by atoms with Crippen molar-refractivity contribution in [3.63, 3.8) is 0 Å². The third kappa shape index (κ3) is 5.26. The molecule has 0 fully saturated rings. The van der Waals surface area contributed by atoms with Crippen molar-refractivity contribution in [3.8, 4) is 0 Å². The first kappa shape index (κ1) is 22.2. The summed E-state index contributed by atoms with van der Waals surface area (Å²) in [4.78, 5) is 12.2. The van der Waals surface area contributed by atoms with E-state index in [0.29, 0.717) is 17.1 Å². The van der Waals surface area contributed by atoms with Gasteiger partial charge in [0.1, 0.15) is 0 Å². The topological polar surface area (TPSA) is 86.7 Å². The maximum Gasteiger partial charge on any atom is 0.264 e. The van der Waals surface area contributed by atoms with Gasteiger partial charge in [-0.2, -0.15) is 0 Å². The van der Waals surface area contributed by atoms with Crippen molar-refractivity contribution in [1.82, 2.24) is 5.32 Å². The molecule has 0 aliphatic rings. The molecule has 0 atom stereocenters. The van der Waals surface area contributed by atoms with Crippen LogP contribution >= 0.6 is 23.2 Å². The molecule has 0 spiro atoms. The first-order valence-corrected chi connectivity index (χ1v) is 10.6. The van der Waals surface area contributed by atoms with E-state index >= 15 is 0 Å². The van der Waals surface area contributed by atoms with Crippen molar-refractivity contribution in [1.29, 1.82) is 0 Å². The molecular weight excluding hydrogens is 423 g/mol. The Morgan fingerprint density at radius 2 is 1.86 bits per heavy atom. The van der Waals surface area contributed by atoms with Crippen molar-refractivity contribution in [2.75, 3.05) is 24.0 Å². The van der Waals surface area contributed by atoms with Gasteiger partial charge in [-0.3, -0.25) is 9.10 Å². The molecule has 0 aliphatic carbocycles. The molecule has 0 aliphatic heterocycles. The first-order valence-electron chi connectivity index (χ1n) is 8.39. The van der Waals surface area contributed by atoms with Crippen LogP contribution in [0.4, 0.5) is 5.69 Å². The zero-order chi connectivity index (χ0) is 20.7. The third-order valence-corrected chi connectivity index (χ3v) is 6.17. The average molecular weight is 443 g/mol. The van der Waals surface area contributed by atoms with Gasteiger partial charge in [0.2, 0.25) is 0 Å². The number of hydrogen-bond donors (Lipinski definition) is 2. The van der Waals surface area contributed by atoms with Gasteiger partial charge < -0.3 is 10.4 Å². The number of amides is 1. The molecule has 0 saturated carbocycles. The number of benzene rings is 2. The number of aliphatic hydroxyl groups excluding tert-OH is 1. The minimum Gasteiger partial charge on any atom is -0.396 e. The van der Waals surface area contributed by atoms with Crippen molar-refractivity contribution in [3.05, 3.63) is 70.7 Å². The van der Waals surface area contributed by atoms with E-state index in [1.54, 1.807) is 24.3 Å². The Hall–Kier alpha value is -2.06. The zero-order valence-electron chi connectivity index (χ0n) is 14.9. The van der Waals surface area contributed by atoms with Crippen LogP contribution < -0.4 is 9.62 Å². The predicted octanol–water partition coefficient (Wildman–Crippen LogP) is 3.49. The lowest BCUT2D eigenvalue weighted by Crippen LogP contribution is -2.31. The molecule has 6 nitrogen and oxygen atoms in total. The van der Waals surface area contributed by atoms with Crippen LogP contribution in [0.25, 0.3) is 0 Å². The lowest BCUT2D eigenvalue weighted by atomic mass is 10.2. The fourth-order valence-corrected chi connectivity index (χ4v) is 4.20. The molecule has 2 N–H and O–H groups in total. The molecule has 0 aromatic heterocycles. The maximum absolute atomic E-state index is 13.2. The second-order valence-electron chi connectivity index (χ2n) is 5.78. The van der Waals surface area contributed by atoms with Crippen molar-refractivity contribution in [2.24, 2.45) is 0 Å². The van der Waals surface area contributed by atoms with Crippen LogP contribution in [0.2, 0.25) is 10.0 Å². The molecule has 0 bridgehead atoms. The lowest BCUT2D eigenvalue weighted by molar-refractivity contribution is 0.0951. The Labute approximate surface area is 174 Å². The molecule has 28 heavy (non-hydrogen) atoms. The fourth-order valence-electron chi connectivity index (χ4n) is 2.41. The second kappa shape index (κ2) is 9.93. The van der Waals surface area contributed by atoms with Crippen LogP contribution in [0.1, 0.15) is 16.8 Å². The summed E-state index contributed by atoms with van der Waals surface area (Å²) in [6.45, 7) is 3.82. The molecule has 2 rings (SSSR count). The van der Waals surface area contributed by atoms with E-state index in [-0.39, 0.29) is 35.2 Å². The highest BCUT2D eigenvalue weighted by Crippen LogP contribution is 2.27. The summed E-state index contributed by atoms with van der Waals surface area (Å²) in [7, 11) is -3.99. The molecule has 1 amide bonds. The van der Waals surface area contributed by atoms with Crippen molar-refractivity contribution in [2.45, 2.75) is 11.3 Å². The van der Waals surface area contributed by atoms with Gasteiger partial charge >= 0.3 is 0 Å². The fraction of sp³-hybridized carbons (Fsp3) is 0.211. The Kier molecular flexibility index (Phi) is 7.88. The van der Waals surface area contributed by atoms with Gasteiger partial charge in [-0.1, -0.05) is 29.3 Å². The summed E-state index contributed by atoms with van der Waals surface area (Å²) in [6.07, 6.45) is 1.84. The number of carbonyl (C=O) groups excluding carboxylic acids is 1. The van der Waals surface area contributed by atoms with E-state index in [2.05, 4.69) is 11.9 Å². The standard InChI is InChI=1S/C19H20Cl2N2O4S/c1-2-11-23(15-6-4-14(20)5-7-15)28(26,27)16-8-9-18(21)17(13-16)19(25)22-10-3-12-24/h2,4-9,13,24H,1,3,10-12H2,(H,22,25). The monoisotopic (exact) mass is 442 g/mol. The van der Waals surface area contributed by atoms with E-state index in [4.69, 9.17) is 28.3 Å². The van der Waals surface area contributed by atoms with Crippen molar-refractivity contribution >= 4 is 44.8 Å². The molecule has 2 aromatic carbocycles. The molecule has 0 radical (unpaired) electrons. The summed E-state index contributed by atoms with van der Waals surface area (Å²) in [5.74, 6) is -0.516. The smallest absolute Gasteiger partial charge is 0.264 e. The molecule has 0 saturated heterocycles. The summed E-state index contributed by atoms with van der Waals surface area (Å²) < 4.78 is 27.5. The normalized spacial score (nSPS) is 11.1. The van der Waals surface area contributed by atoms with Crippen LogP contribution in [0, 0.1) is 0 Å². The van der Waals surface area contributed by atoms with Crippen LogP contribution in [0.5, 0.6) is 0 Å². The SMILES string of the molecule is C=CCN(c1ccc(Cl)cc1)S(=O)(=O)c1ccc(Cl)c(C(=O)NCCCO)c1. The van der Waals surface area contributed by atoms with Gasteiger partial charge in [-0.25, -0.2) is 8.42 Å². The molecule has 9 heteroatoms. The van der Waals surface area contributed by atoms with Gasteiger partial charge in [-0.05, 0) is 48.9 Å². The largest absolute Gasteiger partial charge is 0.396 e. The molecular formula is C19H20Cl2N2O4S. The highest BCUT2D eigenvalue weighted by atomic mass is 35.5. The number of hydrogen-bond acceptors (Lipinski definition) is 4. The highest BCUT2D eigenvalue weighted by Gasteiger charge is 2.26. The molecule has 150 valence electrons. The summed E-state index contributed by atoms with van der Waals surface area (Å²) in [5, 5.41) is 12.0.